The Morgan fingerprint density at radius 3 is 2.44 bits per heavy atom. The van der Waals surface area contributed by atoms with Crippen molar-refractivity contribution in [2.24, 2.45) is 5.73 Å². The molecule has 0 bridgehead atoms. The molecule has 0 heterocycles. The average molecular weight is 235 g/mol. The van der Waals surface area contributed by atoms with Crippen LogP contribution in [0.5, 0.6) is 5.75 Å². The first-order valence-electron chi connectivity index (χ1n) is 4.61. The van der Waals surface area contributed by atoms with E-state index in [-0.39, 0.29) is 18.6 Å². The van der Waals surface area contributed by atoms with E-state index in [9.17, 15) is 18.3 Å². The largest absolute Gasteiger partial charge is 0.508 e. The van der Waals surface area contributed by atoms with Gasteiger partial charge >= 0.3 is 6.18 Å². The zero-order valence-corrected chi connectivity index (χ0v) is 8.33. The van der Waals surface area contributed by atoms with Crippen LogP contribution < -0.4 is 5.73 Å². The van der Waals surface area contributed by atoms with Crippen molar-refractivity contribution >= 4 is 0 Å². The molecule has 0 amide bonds. The minimum Gasteiger partial charge on any atom is -0.508 e. The van der Waals surface area contributed by atoms with Crippen LogP contribution in [0.25, 0.3) is 0 Å². The van der Waals surface area contributed by atoms with Crippen LogP contribution in [0, 0.1) is 0 Å². The smallest absolute Gasteiger partial charge is 0.407 e. The Morgan fingerprint density at radius 1 is 1.31 bits per heavy atom. The summed E-state index contributed by atoms with van der Waals surface area (Å²) >= 11 is 0. The van der Waals surface area contributed by atoms with Crippen LogP contribution in [-0.4, -0.2) is 23.0 Å². The van der Waals surface area contributed by atoms with Gasteiger partial charge in [0.25, 0.3) is 0 Å². The minimum atomic E-state index is -4.60. The summed E-state index contributed by atoms with van der Waals surface area (Å²) in [6, 6.07) is 1.53. The number of phenols is 1. The van der Waals surface area contributed by atoms with Crippen molar-refractivity contribution in [2.75, 3.05) is 6.61 Å². The van der Waals surface area contributed by atoms with Crippen molar-refractivity contribution in [3.05, 3.63) is 29.3 Å². The molecule has 0 saturated heterocycles. The molecule has 0 fully saturated rings. The van der Waals surface area contributed by atoms with Gasteiger partial charge in [-0.05, 0) is 18.1 Å². The van der Waals surface area contributed by atoms with Gasteiger partial charge in [0.2, 0.25) is 0 Å². The molecule has 0 aliphatic carbocycles. The summed E-state index contributed by atoms with van der Waals surface area (Å²) in [5, 5.41) is 18.0. The SMILES string of the molecule is N[C@H](c1cc(CCO)ccc1O)C(F)(F)F. The first-order valence-corrected chi connectivity index (χ1v) is 4.61. The fourth-order valence-electron chi connectivity index (χ4n) is 1.31. The van der Waals surface area contributed by atoms with E-state index in [0.29, 0.717) is 5.56 Å². The van der Waals surface area contributed by atoms with Crippen LogP contribution in [0.1, 0.15) is 17.2 Å². The second-order valence-corrected chi connectivity index (χ2v) is 3.39. The number of aliphatic hydroxyl groups excluding tert-OH is 1. The van der Waals surface area contributed by atoms with Gasteiger partial charge in [-0.25, -0.2) is 0 Å². The second kappa shape index (κ2) is 4.71. The Balaban J connectivity index is 3.07. The van der Waals surface area contributed by atoms with Crippen molar-refractivity contribution in [1.82, 2.24) is 0 Å². The van der Waals surface area contributed by atoms with Gasteiger partial charge in [-0.1, -0.05) is 12.1 Å². The van der Waals surface area contributed by atoms with Gasteiger partial charge in [-0.3, -0.25) is 0 Å². The molecule has 0 spiro atoms. The third kappa shape index (κ3) is 2.86. The van der Waals surface area contributed by atoms with E-state index in [2.05, 4.69) is 0 Å². The molecule has 16 heavy (non-hydrogen) atoms. The number of rotatable bonds is 3. The van der Waals surface area contributed by atoms with Crippen LogP contribution in [0.3, 0.4) is 0 Å². The van der Waals surface area contributed by atoms with Gasteiger partial charge in [-0.15, -0.1) is 0 Å². The lowest BCUT2D eigenvalue weighted by Gasteiger charge is -2.17. The molecular weight excluding hydrogens is 223 g/mol. The van der Waals surface area contributed by atoms with Crippen LogP contribution in [-0.2, 0) is 6.42 Å². The number of phenolic OH excluding ortho intramolecular Hbond substituents is 1. The Labute approximate surface area is 90.3 Å². The van der Waals surface area contributed by atoms with E-state index in [4.69, 9.17) is 10.8 Å². The topological polar surface area (TPSA) is 66.5 Å². The minimum absolute atomic E-state index is 0.175. The van der Waals surface area contributed by atoms with E-state index < -0.39 is 18.0 Å². The summed E-state index contributed by atoms with van der Waals surface area (Å²) in [7, 11) is 0. The quantitative estimate of drug-likeness (QED) is 0.743. The van der Waals surface area contributed by atoms with Gasteiger partial charge in [0.05, 0.1) is 0 Å². The summed E-state index contributed by atoms with van der Waals surface area (Å²) in [6.45, 7) is -0.175. The van der Waals surface area contributed by atoms with E-state index in [1.807, 2.05) is 0 Å². The van der Waals surface area contributed by atoms with Gasteiger partial charge in [0.15, 0.2) is 0 Å². The van der Waals surface area contributed by atoms with E-state index in [1.165, 1.54) is 6.07 Å². The molecule has 1 aromatic rings. The van der Waals surface area contributed by atoms with Crippen LogP contribution in [0.15, 0.2) is 18.2 Å². The number of nitrogens with two attached hydrogens (primary N) is 1. The van der Waals surface area contributed by atoms with Gasteiger partial charge in [0.1, 0.15) is 11.8 Å². The van der Waals surface area contributed by atoms with Crippen LogP contribution >= 0.6 is 0 Å². The maximum absolute atomic E-state index is 12.3. The Hall–Kier alpha value is -1.27. The lowest BCUT2D eigenvalue weighted by molar-refractivity contribution is -0.149. The molecule has 1 aromatic carbocycles. The first kappa shape index (κ1) is 12.8. The fourth-order valence-corrected chi connectivity index (χ4v) is 1.31. The standard InChI is InChI=1S/C10H12F3NO2/c11-10(12,13)9(14)7-5-6(3-4-15)1-2-8(7)16/h1-2,5,9,15-16H,3-4,14H2/t9-/m1/s1. The molecule has 0 aliphatic heterocycles. The first-order chi connectivity index (χ1) is 7.36. The van der Waals surface area contributed by atoms with E-state index in [0.717, 1.165) is 12.1 Å². The maximum atomic E-state index is 12.3. The molecule has 90 valence electrons. The maximum Gasteiger partial charge on any atom is 0.407 e. The summed E-state index contributed by atoms with van der Waals surface area (Å²) in [5.74, 6) is -0.494. The molecule has 0 aromatic heterocycles. The number of alkyl halides is 3. The van der Waals surface area contributed by atoms with E-state index in [1.54, 1.807) is 0 Å². The molecule has 3 nitrogen and oxygen atoms in total. The highest BCUT2D eigenvalue weighted by Gasteiger charge is 2.39. The number of hydrogen-bond donors (Lipinski definition) is 3. The molecule has 0 radical (unpaired) electrons. The Bertz CT molecular complexity index is 366. The lowest BCUT2D eigenvalue weighted by Crippen LogP contribution is -2.28. The highest BCUT2D eigenvalue weighted by molar-refractivity contribution is 5.39. The van der Waals surface area contributed by atoms with Crippen molar-refractivity contribution in [1.29, 1.82) is 0 Å². The van der Waals surface area contributed by atoms with Crippen LogP contribution in [0.2, 0.25) is 0 Å². The molecule has 1 rings (SSSR count). The molecule has 1 atom stereocenters. The Kier molecular flexibility index (Phi) is 3.77. The summed E-state index contributed by atoms with van der Waals surface area (Å²) in [5.41, 5.74) is 5.11. The Morgan fingerprint density at radius 2 is 1.94 bits per heavy atom. The second-order valence-electron chi connectivity index (χ2n) is 3.39. The molecule has 0 aliphatic rings. The monoisotopic (exact) mass is 235 g/mol. The van der Waals surface area contributed by atoms with E-state index >= 15 is 0 Å². The predicted molar refractivity (Wildman–Crippen MR) is 51.9 cm³/mol. The van der Waals surface area contributed by atoms with Gasteiger partial charge in [-0.2, -0.15) is 13.2 Å². The number of aromatic hydroxyl groups is 1. The number of benzene rings is 1. The van der Waals surface area contributed by atoms with Crippen LogP contribution in [0.4, 0.5) is 13.2 Å². The third-order valence-corrected chi connectivity index (χ3v) is 2.18. The van der Waals surface area contributed by atoms with Crippen molar-refractivity contribution in [3.8, 4) is 5.75 Å². The highest BCUT2D eigenvalue weighted by Crippen LogP contribution is 2.35. The summed E-state index contributed by atoms with van der Waals surface area (Å²) < 4.78 is 37.0. The van der Waals surface area contributed by atoms with Crippen molar-refractivity contribution in [3.63, 3.8) is 0 Å². The third-order valence-electron chi connectivity index (χ3n) is 2.18. The number of halogens is 3. The molecule has 4 N–H and O–H groups in total. The van der Waals surface area contributed by atoms with Gasteiger partial charge in [0, 0.05) is 12.2 Å². The lowest BCUT2D eigenvalue weighted by atomic mass is 10.0. The fraction of sp³-hybridized carbons (Fsp3) is 0.400. The van der Waals surface area contributed by atoms with Crippen molar-refractivity contribution < 1.29 is 23.4 Å². The molecule has 0 saturated carbocycles. The molecule has 0 unspecified atom stereocenters. The predicted octanol–water partition coefficient (Wildman–Crippen LogP) is 1.49. The number of hydrogen-bond acceptors (Lipinski definition) is 3. The molecule has 6 heteroatoms. The van der Waals surface area contributed by atoms with Gasteiger partial charge < -0.3 is 15.9 Å². The van der Waals surface area contributed by atoms with Crippen molar-refractivity contribution in [2.45, 2.75) is 18.6 Å². The normalized spacial score (nSPS) is 13.8. The summed E-state index contributed by atoms with van der Waals surface area (Å²) in [4.78, 5) is 0. The zero-order valence-electron chi connectivity index (χ0n) is 8.33. The average Bonchev–Trinajstić information content (AvgIpc) is 2.19. The summed E-state index contributed by atoms with van der Waals surface area (Å²) in [6.07, 6.45) is -4.38. The zero-order chi connectivity index (χ0) is 12.3. The number of aliphatic hydroxyl groups is 1. The highest BCUT2D eigenvalue weighted by atomic mass is 19.4. The molecular formula is C10H12F3NO2.